The van der Waals surface area contributed by atoms with Gasteiger partial charge < -0.3 is 89.2 Å². The van der Waals surface area contributed by atoms with E-state index in [0.717, 1.165) is 5.56 Å². The van der Waals surface area contributed by atoms with Crippen LogP contribution in [0.15, 0.2) is 229 Å². The van der Waals surface area contributed by atoms with Gasteiger partial charge in [-0.05, 0) is 129 Å². The molecule has 6 fully saturated rings. The van der Waals surface area contributed by atoms with Gasteiger partial charge in [0.05, 0.1) is 71.7 Å². The maximum absolute atomic E-state index is 15.4. The van der Waals surface area contributed by atoms with Crippen molar-refractivity contribution in [3.05, 3.63) is 267 Å². The van der Waals surface area contributed by atoms with E-state index in [1.165, 1.54) is 52.0 Å². The van der Waals surface area contributed by atoms with Crippen molar-refractivity contribution in [1.29, 1.82) is 0 Å². The van der Waals surface area contributed by atoms with E-state index >= 15 is 4.79 Å². The van der Waals surface area contributed by atoms with Crippen molar-refractivity contribution in [3.8, 4) is 5.75 Å². The molecule has 7 aromatic carbocycles. The molecule has 33 heteroatoms. The number of ether oxygens (including phenoxy) is 6. The number of ketones is 2. The Morgan fingerprint density at radius 1 is 0.452 bits per heavy atom. The molecule has 126 heavy (non-hydrogen) atoms. The number of hydrogen-bond acceptors (Lipinski definition) is 26. The number of benzene rings is 7. The van der Waals surface area contributed by atoms with E-state index in [-0.39, 0.29) is 253 Å². The molecule has 15 rings (SSSR count). The summed E-state index contributed by atoms with van der Waals surface area (Å²) >= 11 is -2.57. The summed E-state index contributed by atoms with van der Waals surface area (Å²) in [5.41, 5.74) is -13.3. The van der Waals surface area contributed by atoms with Crippen molar-refractivity contribution in [2.45, 2.75) is 196 Å². The van der Waals surface area contributed by atoms with Crippen LogP contribution >= 0.6 is 0 Å². The number of carbonyl (C=O) groups excluding carboxylic acids is 8. The Hall–Kier alpha value is -4.58. The second-order valence-electron chi connectivity index (χ2n) is 34.6. The summed E-state index contributed by atoms with van der Waals surface area (Å²) < 4.78 is 61.5. The van der Waals surface area contributed by atoms with E-state index in [4.69, 9.17) is 36.8 Å². The van der Waals surface area contributed by atoms with Crippen molar-refractivity contribution >= 4 is 58.6 Å². The minimum absolute atomic E-state index is 0. The first kappa shape index (κ1) is 104. The van der Waals surface area contributed by atoms with Crippen LogP contribution < -0.4 is 14.8 Å². The molecule has 2 aliphatic heterocycles. The molecule has 19 unspecified atom stereocenters. The first-order valence-electron chi connectivity index (χ1n) is 40.4. The monoisotopic (exact) mass is 2600 g/mol. The molecule has 656 valence electrons. The predicted octanol–water partition coefficient (Wildman–Crippen LogP) is 7.18. The van der Waals surface area contributed by atoms with Crippen molar-refractivity contribution in [1.82, 2.24) is 10.6 Å². The van der Waals surface area contributed by atoms with Crippen LogP contribution in [0, 0.1) is 217 Å². The molecule has 7 aromatic rings. The third-order valence-electron chi connectivity index (χ3n) is 27.2. The minimum Gasteiger partial charge on any atom is -0.456 e. The first-order chi connectivity index (χ1) is 57.8. The smallest absolute Gasteiger partial charge is 0.360 e. The molecule has 4 bridgehead atoms. The number of aliphatic hydroxyl groups excluding tert-OH is 5. The molecule has 4 saturated carbocycles. The minimum atomic E-state index is -2.57. The standard InChI is InChI=1S/C50H53NO14S.C43H47NO12.4Ac/c1-28-21-23-33(24-22-28)64-66(60)65-35-25-36-49(58,27-61-36)41-43(63-45(56)32-19-13-8-14-20-32)50(59)26-34(29(2)37(47(50,3)4)39(52)42(54)48(35,41)5)62-46(57)40(53)38(30-15-9-6-10-16-30)51-44(55)31-17-11-7-12-18-31;1-23-27(55-39(51)33(47)31(24-14-8-5-9-15-24)44-37(49)25-16-10-6-11-17-25)21-43(53)36(56-38(50)26-18-12-7-13-19-26)34-41(4,28(45)20-29-42(34,52)22-54-29)35(48)32(46)30(23)40(43,2)3;;;;/h6-24,34-36,38-41,43,52-53,58-59H,25-27H2,1-5H3,(H,51,55);5-19,27-29,31-34,36,45-47,52-53H,20-22H2,1-4H3,(H,44,49);;;;/t34?,35?,36?,38?,39?,40?,41?,43?,48-,49+,50?,66?;27?,28?,29?,31?,32?,33?,34?,36?,41-,42+,43?;;;;/m11..../s1. The van der Waals surface area contributed by atoms with Gasteiger partial charge in [-0.25, -0.2) is 19.2 Å². The number of hydrogen-bond donors (Lipinski definition) is 11. The van der Waals surface area contributed by atoms with Crippen LogP contribution in [0.5, 0.6) is 5.75 Å². The van der Waals surface area contributed by atoms with Gasteiger partial charge in [0.15, 0.2) is 23.8 Å². The number of carbonyl (C=O) groups is 8. The second kappa shape index (κ2) is 41.1. The number of fused-ring (bicyclic) bond motifs is 10. The maximum atomic E-state index is 15.4. The van der Waals surface area contributed by atoms with E-state index in [1.807, 2.05) is 6.92 Å². The number of rotatable bonds is 20. The fourth-order valence-electron chi connectivity index (χ4n) is 20.0. The third kappa shape index (κ3) is 18.9. The van der Waals surface area contributed by atoms with Crippen molar-refractivity contribution in [2.75, 3.05) is 13.2 Å². The SMILES string of the molecule is CC1=C2C(O)C(=O)[C@]3(C)C(O)CC4OC[C@@]4(O)C3C(OC(=O)c3ccccc3)C(O)(CC1OC(=O)C(O)C(NC(=O)c1ccccc1)c1ccccc1)C2(C)C.CC1=C2C(O)C(=O)[C@]3(C)C(OS(=O)Oc4ccc(C)cc4)CC4OC[C@@]4(O)C3C(OC(=O)c3ccccc3)C(O)(CC1OC(=O)C(O)C(NC(=O)c1ccccc1)c1ccccc1)C2(C)C.[Ac].[Ac].[Ac].[Ac]. The topological polar surface area (TPSA) is 434 Å². The molecular formula is C93H100Ac4N2O26S. The van der Waals surface area contributed by atoms with Crippen LogP contribution in [0.25, 0.3) is 0 Å². The first-order valence-corrected chi connectivity index (χ1v) is 41.4. The van der Waals surface area contributed by atoms with Gasteiger partial charge in [-0.2, -0.15) is 4.21 Å². The van der Waals surface area contributed by atoms with E-state index in [0.29, 0.717) is 11.1 Å². The Bertz CT molecular complexity index is 5240. The Morgan fingerprint density at radius 3 is 1.14 bits per heavy atom. The molecule has 4 radical (unpaired) electrons. The van der Waals surface area contributed by atoms with E-state index in [2.05, 4.69) is 10.6 Å². The predicted molar refractivity (Wildman–Crippen MR) is 436 cm³/mol. The molecule has 23 atom stereocenters. The van der Waals surface area contributed by atoms with Crippen molar-refractivity contribution in [3.63, 3.8) is 0 Å². The summed E-state index contributed by atoms with van der Waals surface area (Å²) in [7, 11) is 0. The fraction of sp³-hybridized carbons (Fsp3) is 0.419. The zero-order chi connectivity index (χ0) is 87.7. The van der Waals surface area contributed by atoms with E-state index in [1.54, 1.807) is 210 Å². The Kier molecular flexibility index (Phi) is 33.8. The van der Waals surface area contributed by atoms with Gasteiger partial charge in [0.1, 0.15) is 64.8 Å². The van der Waals surface area contributed by atoms with Gasteiger partial charge in [0.2, 0.25) is 0 Å². The van der Waals surface area contributed by atoms with E-state index in [9.17, 15) is 83.7 Å². The van der Waals surface area contributed by atoms with Gasteiger partial charge >= 0.3 is 35.2 Å². The van der Waals surface area contributed by atoms with Crippen LogP contribution in [0.2, 0.25) is 0 Å². The van der Waals surface area contributed by atoms with Gasteiger partial charge in [-0.3, -0.25) is 23.4 Å². The van der Waals surface area contributed by atoms with Crippen molar-refractivity contribution in [2.24, 2.45) is 33.5 Å². The number of nitrogens with one attached hydrogen (secondary N) is 2. The second-order valence-corrected chi connectivity index (χ2v) is 35.4. The fourth-order valence-corrected chi connectivity index (χ4v) is 20.8. The normalized spacial score (nSPS) is 31.6. The Labute approximate surface area is 874 Å². The molecular weight excluding hydrogens is 2500 g/mol. The van der Waals surface area contributed by atoms with E-state index < -0.39 is 213 Å². The summed E-state index contributed by atoms with van der Waals surface area (Å²) in [5, 5.41) is 117. The molecule has 6 aliphatic carbocycles. The molecule has 0 spiro atoms. The summed E-state index contributed by atoms with van der Waals surface area (Å²) in [6, 6.07) is 52.8. The van der Waals surface area contributed by atoms with Crippen LogP contribution in [0.4, 0.5) is 0 Å². The van der Waals surface area contributed by atoms with Gasteiger partial charge in [-0.1, -0.05) is 179 Å². The quantitative estimate of drug-likeness (QED) is 0.0204. The van der Waals surface area contributed by atoms with Crippen LogP contribution in [0.3, 0.4) is 0 Å². The Morgan fingerprint density at radius 2 is 0.786 bits per heavy atom. The maximum Gasteiger partial charge on any atom is 0.360 e. The summed E-state index contributed by atoms with van der Waals surface area (Å²) in [4.78, 5) is 113. The molecule has 2 heterocycles. The van der Waals surface area contributed by atoms with Crippen LogP contribution in [-0.2, 0) is 63.1 Å². The number of aliphatic hydroxyl groups is 9. The molecule has 11 N–H and O–H groups in total. The van der Waals surface area contributed by atoms with Gasteiger partial charge in [0.25, 0.3) is 11.8 Å². The Balaban J connectivity index is 0.000000258. The van der Waals surface area contributed by atoms with Crippen LogP contribution in [0.1, 0.15) is 151 Å². The largest absolute Gasteiger partial charge is 0.456 e. The summed E-state index contributed by atoms with van der Waals surface area (Å²) in [5.74, 6) is -10.2. The summed E-state index contributed by atoms with van der Waals surface area (Å²) in [6.45, 7) is 13.2. The molecule has 28 nitrogen and oxygen atoms in total. The molecule has 0 aromatic heterocycles. The average Bonchev–Trinajstić information content (AvgIpc) is 0.675. The van der Waals surface area contributed by atoms with Crippen molar-refractivity contribution < 1.29 is 302 Å². The zero-order valence-electron chi connectivity index (χ0n) is 70.8. The van der Waals surface area contributed by atoms with Crippen LogP contribution in [-0.4, -0.2) is 206 Å². The molecule has 2 amide bonds. The van der Waals surface area contributed by atoms with Gasteiger partial charge in [0, 0.05) is 236 Å². The zero-order valence-corrected chi connectivity index (χ0v) is 90.6. The third-order valence-corrected chi connectivity index (χ3v) is 27.9. The molecule has 2 saturated heterocycles. The summed E-state index contributed by atoms with van der Waals surface area (Å²) in [6.07, 6.45) is -21.0. The van der Waals surface area contributed by atoms with Gasteiger partial charge in [-0.15, -0.1) is 0 Å². The number of aryl methyl sites for hydroxylation is 1. The molecule has 8 aliphatic rings. The number of esters is 4. The number of Topliss-reactive ketones (excluding diaryl/α,β-unsaturated/α-hetero) is 2. The average molecular weight is 2600 g/mol. The number of amides is 2.